The molecule has 124 valence electrons. The smallest absolute Gasteiger partial charge is 0.271 e. The normalized spacial score (nSPS) is 16.2. The standard InChI is InChI=1S/C19H21N3OS/c23-19-18-16(9-12-24-18)21-13-22(19)11-10-20-17(15-7-4-8-15)14-5-2-1-3-6-14/h1-3,5-6,9,12-13,15,17,20H,4,7-8,10-11H2/t17-/m1/s1. The molecule has 0 amide bonds. The summed E-state index contributed by atoms with van der Waals surface area (Å²) < 4.78 is 2.46. The Balaban J connectivity index is 1.46. The first-order valence-electron chi connectivity index (χ1n) is 8.54. The molecule has 4 rings (SSSR count). The Hall–Kier alpha value is -1.98. The van der Waals surface area contributed by atoms with E-state index in [-0.39, 0.29) is 5.56 Å². The summed E-state index contributed by atoms with van der Waals surface area (Å²) in [5.41, 5.74) is 2.21. The van der Waals surface area contributed by atoms with Crippen LogP contribution >= 0.6 is 11.3 Å². The van der Waals surface area contributed by atoms with Crippen LogP contribution in [0.25, 0.3) is 10.2 Å². The van der Waals surface area contributed by atoms with Crippen molar-refractivity contribution in [2.45, 2.75) is 31.8 Å². The predicted molar refractivity (Wildman–Crippen MR) is 98.4 cm³/mol. The van der Waals surface area contributed by atoms with Gasteiger partial charge in [-0.05, 0) is 35.8 Å². The third kappa shape index (κ3) is 3.01. The van der Waals surface area contributed by atoms with Gasteiger partial charge >= 0.3 is 0 Å². The van der Waals surface area contributed by atoms with Crippen LogP contribution in [0.1, 0.15) is 30.9 Å². The van der Waals surface area contributed by atoms with E-state index in [0.29, 0.717) is 18.5 Å². The van der Waals surface area contributed by atoms with E-state index in [2.05, 4.69) is 40.6 Å². The van der Waals surface area contributed by atoms with Crippen LogP contribution in [0.2, 0.25) is 0 Å². The molecule has 1 N–H and O–H groups in total. The van der Waals surface area contributed by atoms with Crippen LogP contribution in [0.4, 0.5) is 0 Å². The van der Waals surface area contributed by atoms with Gasteiger partial charge in [-0.1, -0.05) is 36.8 Å². The van der Waals surface area contributed by atoms with Crippen molar-refractivity contribution in [3.63, 3.8) is 0 Å². The van der Waals surface area contributed by atoms with Crippen molar-refractivity contribution in [1.82, 2.24) is 14.9 Å². The van der Waals surface area contributed by atoms with Crippen molar-refractivity contribution in [3.05, 3.63) is 64.0 Å². The highest BCUT2D eigenvalue weighted by molar-refractivity contribution is 7.17. The molecule has 1 aromatic carbocycles. The van der Waals surface area contributed by atoms with Crippen LogP contribution in [0.15, 0.2) is 52.9 Å². The molecule has 1 aliphatic rings. The minimum absolute atomic E-state index is 0.0664. The second-order valence-electron chi connectivity index (χ2n) is 6.41. The van der Waals surface area contributed by atoms with E-state index < -0.39 is 0 Å². The van der Waals surface area contributed by atoms with Crippen LogP contribution in [-0.4, -0.2) is 16.1 Å². The summed E-state index contributed by atoms with van der Waals surface area (Å²) >= 11 is 1.47. The number of fused-ring (bicyclic) bond motifs is 1. The Labute approximate surface area is 145 Å². The molecule has 1 atom stereocenters. The maximum absolute atomic E-state index is 12.4. The molecule has 0 unspecified atom stereocenters. The van der Waals surface area contributed by atoms with Crippen LogP contribution in [0.3, 0.4) is 0 Å². The van der Waals surface area contributed by atoms with Gasteiger partial charge in [-0.2, -0.15) is 0 Å². The average Bonchev–Trinajstić information content (AvgIpc) is 3.04. The molecule has 2 aromatic heterocycles. The number of nitrogens with one attached hydrogen (secondary N) is 1. The van der Waals surface area contributed by atoms with Crippen LogP contribution in [-0.2, 0) is 6.54 Å². The Kier molecular flexibility index (Phi) is 4.45. The summed E-state index contributed by atoms with van der Waals surface area (Å²) in [6.45, 7) is 1.42. The van der Waals surface area contributed by atoms with Gasteiger partial charge in [0.15, 0.2) is 0 Å². The molecule has 24 heavy (non-hydrogen) atoms. The van der Waals surface area contributed by atoms with Crippen molar-refractivity contribution in [2.75, 3.05) is 6.54 Å². The zero-order chi connectivity index (χ0) is 16.4. The number of thiophene rings is 1. The van der Waals surface area contributed by atoms with E-state index in [1.165, 1.54) is 36.2 Å². The number of hydrogen-bond acceptors (Lipinski definition) is 4. The van der Waals surface area contributed by atoms with E-state index in [1.807, 2.05) is 11.4 Å². The molecule has 2 heterocycles. The number of aromatic nitrogens is 2. The first-order valence-corrected chi connectivity index (χ1v) is 9.42. The van der Waals surface area contributed by atoms with E-state index in [1.54, 1.807) is 10.9 Å². The van der Waals surface area contributed by atoms with Gasteiger partial charge in [0.1, 0.15) is 4.70 Å². The largest absolute Gasteiger partial charge is 0.308 e. The van der Waals surface area contributed by atoms with Gasteiger partial charge in [0.05, 0.1) is 11.8 Å². The minimum Gasteiger partial charge on any atom is -0.308 e. The highest BCUT2D eigenvalue weighted by Crippen LogP contribution is 2.37. The molecule has 0 saturated heterocycles. The molecular weight excluding hydrogens is 318 g/mol. The van der Waals surface area contributed by atoms with Gasteiger partial charge in [0.2, 0.25) is 0 Å². The highest BCUT2D eigenvalue weighted by Gasteiger charge is 2.27. The second kappa shape index (κ2) is 6.87. The molecular formula is C19H21N3OS. The molecule has 4 nitrogen and oxygen atoms in total. The summed E-state index contributed by atoms with van der Waals surface area (Å²) in [6.07, 6.45) is 5.57. The topological polar surface area (TPSA) is 46.9 Å². The lowest BCUT2D eigenvalue weighted by atomic mass is 9.77. The second-order valence-corrected chi connectivity index (χ2v) is 7.33. The van der Waals surface area contributed by atoms with Gasteiger partial charge in [0, 0.05) is 19.1 Å². The number of rotatable bonds is 6. The SMILES string of the molecule is O=c1c2sccc2ncn1CCN[C@H](c1ccccc1)C1CCC1. The molecule has 1 aliphatic carbocycles. The fraction of sp³-hybridized carbons (Fsp3) is 0.368. The fourth-order valence-corrected chi connectivity index (χ4v) is 4.16. The third-order valence-electron chi connectivity index (χ3n) is 4.93. The van der Waals surface area contributed by atoms with E-state index in [4.69, 9.17) is 0 Å². The molecule has 5 heteroatoms. The summed E-state index contributed by atoms with van der Waals surface area (Å²) in [5, 5.41) is 5.59. The Morgan fingerprint density at radius 2 is 2.08 bits per heavy atom. The fourth-order valence-electron chi connectivity index (χ4n) is 3.37. The third-order valence-corrected chi connectivity index (χ3v) is 5.82. The maximum atomic E-state index is 12.4. The summed E-state index contributed by atoms with van der Waals surface area (Å²) in [7, 11) is 0. The van der Waals surface area contributed by atoms with Gasteiger partial charge in [-0.25, -0.2) is 4.98 Å². The van der Waals surface area contributed by atoms with Gasteiger partial charge in [0.25, 0.3) is 5.56 Å². The molecule has 0 bridgehead atoms. The highest BCUT2D eigenvalue weighted by atomic mass is 32.1. The van der Waals surface area contributed by atoms with E-state index >= 15 is 0 Å². The van der Waals surface area contributed by atoms with Gasteiger partial charge in [-0.15, -0.1) is 11.3 Å². The van der Waals surface area contributed by atoms with Crippen molar-refractivity contribution in [3.8, 4) is 0 Å². The van der Waals surface area contributed by atoms with Crippen LogP contribution in [0.5, 0.6) is 0 Å². The molecule has 1 saturated carbocycles. The van der Waals surface area contributed by atoms with E-state index in [0.717, 1.165) is 16.8 Å². The lowest BCUT2D eigenvalue weighted by Gasteiger charge is -2.35. The summed E-state index contributed by atoms with van der Waals surface area (Å²) in [6, 6.07) is 12.9. The Morgan fingerprint density at radius 3 is 2.83 bits per heavy atom. The molecule has 0 aliphatic heterocycles. The number of hydrogen-bond donors (Lipinski definition) is 1. The van der Waals surface area contributed by atoms with E-state index in [9.17, 15) is 4.79 Å². The molecule has 0 radical (unpaired) electrons. The first kappa shape index (κ1) is 15.5. The summed E-state index contributed by atoms with van der Waals surface area (Å²) in [5.74, 6) is 0.710. The maximum Gasteiger partial charge on any atom is 0.271 e. The lowest BCUT2D eigenvalue weighted by Crippen LogP contribution is -2.35. The number of benzene rings is 1. The van der Waals surface area contributed by atoms with Crippen molar-refractivity contribution >= 4 is 21.6 Å². The van der Waals surface area contributed by atoms with Gasteiger partial charge in [-0.3, -0.25) is 9.36 Å². The quantitative estimate of drug-likeness (QED) is 0.746. The average molecular weight is 339 g/mol. The summed E-state index contributed by atoms with van der Waals surface area (Å²) in [4.78, 5) is 16.8. The monoisotopic (exact) mass is 339 g/mol. The van der Waals surface area contributed by atoms with Gasteiger partial charge < -0.3 is 5.32 Å². The zero-order valence-corrected chi connectivity index (χ0v) is 14.3. The van der Waals surface area contributed by atoms with Crippen LogP contribution < -0.4 is 10.9 Å². The molecule has 0 spiro atoms. The molecule has 1 fully saturated rings. The van der Waals surface area contributed by atoms with Crippen LogP contribution in [0, 0.1) is 5.92 Å². The first-order chi connectivity index (χ1) is 11.8. The Morgan fingerprint density at radius 1 is 1.25 bits per heavy atom. The molecule has 3 aromatic rings. The number of nitrogens with zero attached hydrogens (tertiary/aromatic N) is 2. The van der Waals surface area contributed by atoms with Crippen molar-refractivity contribution in [2.24, 2.45) is 5.92 Å². The zero-order valence-electron chi connectivity index (χ0n) is 13.5. The predicted octanol–water partition coefficient (Wildman–Crippen LogP) is 3.59. The Bertz CT molecular complexity index is 867. The van der Waals surface area contributed by atoms with Crippen molar-refractivity contribution in [1.29, 1.82) is 0 Å². The minimum atomic E-state index is 0.0664. The lowest BCUT2D eigenvalue weighted by molar-refractivity contribution is 0.229. The van der Waals surface area contributed by atoms with Crippen molar-refractivity contribution < 1.29 is 0 Å².